The summed E-state index contributed by atoms with van der Waals surface area (Å²) in [5.74, 6) is 0. The van der Waals surface area contributed by atoms with Gasteiger partial charge in [-0.1, -0.05) is 11.6 Å². The van der Waals surface area contributed by atoms with Gasteiger partial charge in [0.05, 0.1) is 21.1 Å². The Morgan fingerprint density at radius 1 is 1.29 bits per heavy atom. The first-order valence-corrected chi connectivity index (χ1v) is 4.35. The third kappa shape index (κ3) is 2.82. The summed E-state index contributed by atoms with van der Waals surface area (Å²) in [6.07, 6.45) is -8.34. The van der Waals surface area contributed by atoms with Gasteiger partial charge >= 0.3 is 6.18 Å². The molecule has 0 saturated heterocycles. The van der Waals surface area contributed by atoms with Crippen molar-refractivity contribution in [1.82, 2.24) is 0 Å². The van der Waals surface area contributed by atoms with E-state index in [1.807, 2.05) is 0 Å². The first-order valence-electron chi connectivity index (χ1n) is 3.97. The summed E-state index contributed by atoms with van der Waals surface area (Å²) in [6.45, 7) is 0. The van der Waals surface area contributed by atoms with Crippen LogP contribution in [0.2, 0.25) is 5.02 Å². The lowest BCUT2D eigenvalue weighted by molar-refractivity contribution is -0.386. The standard InChI is InChI=1S/C8H3ClF5NO2/c9-5-2-6(15(16)17)3(7(10)11)1-4(5)8(12,13)14/h1-2,7H. The molecule has 1 aromatic carbocycles. The largest absolute Gasteiger partial charge is 0.417 e. The van der Waals surface area contributed by atoms with Crippen molar-refractivity contribution in [2.24, 2.45) is 0 Å². The van der Waals surface area contributed by atoms with Crippen LogP contribution in [-0.2, 0) is 6.18 Å². The maximum absolute atomic E-state index is 12.4. The van der Waals surface area contributed by atoms with Crippen molar-refractivity contribution in [2.75, 3.05) is 0 Å². The third-order valence-corrected chi connectivity index (χ3v) is 2.17. The van der Waals surface area contributed by atoms with Gasteiger partial charge in [0.25, 0.3) is 12.1 Å². The van der Waals surface area contributed by atoms with Gasteiger partial charge in [0.15, 0.2) is 0 Å². The van der Waals surface area contributed by atoms with Crippen molar-refractivity contribution in [1.29, 1.82) is 0 Å². The van der Waals surface area contributed by atoms with Crippen molar-refractivity contribution in [3.05, 3.63) is 38.4 Å². The fraction of sp³-hybridized carbons (Fsp3) is 0.250. The molecule has 17 heavy (non-hydrogen) atoms. The van der Waals surface area contributed by atoms with E-state index in [0.717, 1.165) is 0 Å². The minimum Gasteiger partial charge on any atom is -0.258 e. The van der Waals surface area contributed by atoms with E-state index in [0.29, 0.717) is 0 Å². The highest BCUT2D eigenvalue weighted by Crippen LogP contribution is 2.40. The third-order valence-electron chi connectivity index (χ3n) is 1.85. The van der Waals surface area contributed by atoms with Gasteiger partial charge in [-0.05, 0) is 6.07 Å². The van der Waals surface area contributed by atoms with Gasteiger partial charge in [-0.15, -0.1) is 0 Å². The molecule has 0 N–H and O–H groups in total. The molecule has 1 aromatic rings. The number of alkyl halides is 5. The average molecular weight is 276 g/mol. The van der Waals surface area contributed by atoms with E-state index in [9.17, 15) is 32.1 Å². The first kappa shape index (κ1) is 13.6. The molecular weight excluding hydrogens is 273 g/mol. The maximum Gasteiger partial charge on any atom is 0.417 e. The van der Waals surface area contributed by atoms with E-state index in [1.165, 1.54) is 0 Å². The van der Waals surface area contributed by atoms with Crippen LogP contribution in [0, 0.1) is 10.1 Å². The predicted octanol–water partition coefficient (Wildman–Crippen LogP) is 4.20. The molecule has 0 radical (unpaired) electrons. The van der Waals surface area contributed by atoms with Crippen molar-refractivity contribution >= 4 is 17.3 Å². The zero-order valence-electron chi connectivity index (χ0n) is 7.76. The van der Waals surface area contributed by atoms with Gasteiger partial charge in [-0.2, -0.15) is 13.2 Å². The van der Waals surface area contributed by atoms with Gasteiger partial charge in [0, 0.05) is 6.07 Å². The second kappa shape index (κ2) is 4.44. The van der Waals surface area contributed by atoms with Crippen molar-refractivity contribution in [3.63, 3.8) is 0 Å². The molecule has 0 aliphatic heterocycles. The predicted molar refractivity (Wildman–Crippen MR) is 48.1 cm³/mol. The number of hydrogen-bond donors (Lipinski definition) is 0. The smallest absolute Gasteiger partial charge is 0.258 e. The van der Waals surface area contributed by atoms with Crippen LogP contribution in [0.25, 0.3) is 0 Å². The van der Waals surface area contributed by atoms with Crippen LogP contribution in [-0.4, -0.2) is 4.92 Å². The normalized spacial score (nSPS) is 11.9. The summed E-state index contributed by atoms with van der Waals surface area (Å²) in [4.78, 5) is 9.16. The van der Waals surface area contributed by atoms with E-state index < -0.39 is 39.4 Å². The van der Waals surface area contributed by atoms with Crippen molar-refractivity contribution < 1.29 is 26.9 Å². The number of hydrogen-bond acceptors (Lipinski definition) is 2. The zero-order valence-corrected chi connectivity index (χ0v) is 8.52. The molecule has 0 spiro atoms. The van der Waals surface area contributed by atoms with Gasteiger partial charge in [-0.3, -0.25) is 10.1 Å². The minimum atomic E-state index is -4.95. The highest BCUT2D eigenvalue weighted by atomic mass is 35.5. The van der Waals surface area contributed by atoms with Crippen LogP contribution in [0.3, 0.4) is 0 Å². The molecule has 0 saturated carbocycles. The summed E-state index contributed by atoms with van der Waals surface area (Å²) < 4.78 is 61.7. The van der Waals surface area contributed by atoms with Gasteiger partial charge < -0.3 is 0 Å². The Hall–Kier alpha value is -1.44. The molecular formula is C8H3ClF5NO2. The van der Waals surface area contributed by atoms with Crippen LogP contribution in [0.4, 0.5) is 27.6 Å². The van der Waals surface area contributed by atoms with E-state index in [4.69, 9.17) is 11.6 Å². The molecule has 0 unspecified atom stereocenters. The Balaban J connectivity index is 3.51. The van der Waals surface area contributed by atoms with Gasteiger partial charge in [0.1, 0.15) is 0 Å². The lowest BCUT2D eigenvalue weighted by Crippen LogP contribution is -2.08. The highest BCUT2D eigenvalue weighted by molar-refractivity contribution is 6.31. The Bertz CT molecular complexity index is 460. The lowest BCUT2D eigenvalue weighted by atomic mass is 10.1. The molecule has 3 nitrogen and oxygen atoms in total. The van der Waals surface area contributed by atoms with Gasteiger partial charge in [0.2, 0.25) is 0 Å². The number of rotatable bonds is 2. The number of nitro groups is 1. The molecule has 0 aromatic heterocycles. The molecule has 0 amide bonds. The Morgan fingerprint density at radius 3 is 2.18 bits per heavy atom. The Kier molecular flexibility index (Phi) is 3.56. The topological polar surface area (TPSA) is 43.1 Å². The molecule has 0 heterocycles. The minimum absolute atomic E-state index is 0.00880. The molecule has 0 aliphatic carbocycles. The summed E-state index contributed by atoms with van der Waals surface area (Å²) in [7, 11) is 0. The van der Waals surface area contributed by atoms with Crippen LogP contribution >= 0.6 is 11.6 Å². The maximum atomic E-state index is 12.4. The molecule has 94 valence electrons. The summed E-state index contributed by atoms with van der Waals surface area (Å²) >= 11 is 5.17. The Morgan fingerprint density at radius 2 is 1.82 bits per heavy atom. The molecule has 0 bridgehead atoms. The quantitative estimate of drug-likeness (QED) is 0.461. The molecule has 0 atom stereocenters. The Labute approximate surface area is 95.9 Å². The second-order valence-corrected chi connectivity index (χ2v) is 3.35. The summed E-state index contributed by atoms with van der Waals surface area (Å²) in [6, 6.07) is 0.261. The molecule has 9 heteroatoms. The van der Waals surface area contributed by atoms with Crippen LogP contribution in [0.5, 0.6) is 0 Å². The monoisotopic (exact) mass is 275 g/mol. The first-order chi connectivity index (χ1) is 7.64. The molecule has 0 fully saturated rings. The molecule has 0 aliphatic rings. The van der Waals surface area contributed by atoms with Crippen LogP contribution in [0.1, 0.15) is 17.6 Å². The SMILES string of the molecule is O=[N+]([O-])c1cc(Cl)c(C(F)(F)F)cc1C(F)F. The fourth-order valence-electron chi connectivity index (χ4n) is 1.13. The molecule has 1 rings (SSSR count). The number of benzene rings is 1. The van der Waals surface area contributed by atoms with E-state index in [-0.39, 0.29) is 12.1 Å². The number of nitro benzene ring substituents is 1. The van der Waals surface area contributed by atoms with E-state index >= 15 is 0 Å². The van der Waals surface area contributed by atoms with Crippen LogP contribution in [0.15, 0.2) is 12.1 Å². The van der Waals surface area contributed by atoms with Crippen molar-refractivity contribution in [2.45, 2.75) is 12.6 Å². The van der Waals surface area contributed by atoms with Crippen molar-refractivity contribution in [3.8, 4) is 0 Å². The average Bonchev–Trinajstić information content (AvgIpc) is 2.14. The second-order valence-electron chi connectivity index (χ2n) is 2.95. The van der Waals surface area contributed by atoms with E-state index in [2.05, 4.69) is 0 Å². The lowest BCUT2D eigenvalue weighted by Gasteiger charge is -2.11. The van der Waals surface area contributed by atoms with Crippen LogP contribution < -0.4 is 0 Å². The summed E-state index contributed by atoms with van der Waals surface area (Å²) in [5, 5.41) is 9.38. The zero-order chi connectivity index (χ0) is 13.4. The fourth-order valence-corrected chi connectivity index (χ4v) is 1.39. The number of nitrogens with zero attached hydrogens (tertiary/aromatic N) is 1. The van der Waals surface area contributed by atoms with E-state index in [1.54, 1.807) is 0 Å². The number of halogens is 6. The summed E-state index contributed by atoms with van der Waals surface area (Å²) in [5.41, 5.74) is -3.98. The van der Waals surface area contributed by atoms with Gasteiger partial charge in [-0.25, -0.2) is 8.78 Å². The highest BCUT2D eigenvalue weighted by Gasteiger charge is 2.36.